The molecular formula is C30H22FNO8. The third kappa shape index (κ3) is 3.55. The molecule has 9 nitrogen and oxygen atoms in total. The van der Waals surface area contributed by atoms with Gasteiger partial charge < -0.3 is 15.3 Å². The van der Waals surface area contributed by atoms with Crippen molar-refractivity contribution in [2.24, 2.45) is 17.8 Å². The molecule has 2 amide bonds. The number of carbonyl (C=O) groups excluding carboxylic acids is 4. The van der Waals surface area contributed by atoms with Gasteiger partial charge >= 0.3 is 5.97 Å². The SMILES string of the molecule is CC1=CC(=O)C2=C(C[C@@H]3C(=CC[C@@H]4C(=O)N(c5ccc(C(=O)O)c(O)c5)C(=O)[C@@H]43)[C@@H]2c2ccc(O)c(F)c2)C1=O. The zero-order valence-corrected chi connectivity index (χ0v) is 21.1. The number of carbonyl (C=O) groups is 5. The second-order valence-electron chi connectivity index (χ2n) is 10.5. The van der Waals surface area contributed by atoms with E-state index < -0.39 is 64.6 Å². The molecule has 2 aromatic carbocycles. The van der Waals surface area contributed by atoms with E-state index in [-0.39, 0.29) is 46.6 Å². The number of allylic oxidation sites excluding steroid dienone is 6. The molecule has 3 N–H and O–H groups in total. The molecular weight excluding hydrogens is 521 g/mol. The number of anilines is 1. The molecule has 0 aromatic heterocycles. The molecule has 0 spiro atoms. The van der Waals surface area contributed by atoms with Crippen LogP contribution in [0.25, 0.3) is 0 Å². The van der Waals surface area contributed by atoms with Crippen LogP contribution >= 0.6 is 0 Å². The number of fused-ring (bicyclic) bond motifs is 3. The monoisotopic (exact) mass is 543 g/mol. The summed E-state index contributed by atoms with van der Waals surface area (Å²) in [6, 6.07) is 7.15. The normalized spacial score (nSPS) is 25.8. The Kier molecular flexibility index (Phi) is 5.62. The third-order valence-corrected chi connectivity index (χ3v) is 8.34. The molecule has 2 aromatic rings. The van der Waals surface area contributed by atoms with E-state index >= 15 is 0 Å². The minimum absolute atomic E-state index is 0.0176. The number of hydrogen-bond acceptors (Lipinski definition) is 7. The Morgan fingerprint density at radius 1 is 0.975 bits per heavy atom. The van der Waals surface area contributed by atoms with Crippen LogP contribution in [0, 0.1) is 23.6 Å². The summed E-state index contributed by atoms with van der Waals surface area (Å²) in [4.78, 5) is 66.1. The minimum atomic E-state index is -1.37. The summed E-state index contributed by atoms with van der Waals surface area (Å²) in [7, 11) is 0. The van der Waals surface area contributed by atoms with Gasteiger partial charge in [-0.3, -0.25) is 19.2 Å². The lowest BCUT2D eigenvalue weighted by Crippen LogP contribution is -2.39. The smallest absolute Gasteiger partial charge is 0.339 e. The first-order chi connectivity index (χ1) is 19.0. The number of nitrogens with zero attached hydrogens (tertiary/aromatic N) is 1. The molecule has 1 fully saturated rings. The highest BCUT2D eigenvalue weighted by molar-refractivity contribution is 6.25. The van der Waals surface area contributed by atoms with Crippen molar-refractivity contribution in [3.63, 3.8) is 0 Å². The number of rotatable bonds is 3. The number of aromatic carboxylic acids is 1. The molecule has 4 atom stereocenters. The van der Waals surface area contributed by atoms with Crippen molar-refractivity contribution in [3.05, 3.63) is 87.8 Å². The Bertz CT molecular complexity index is 1680. The van der Waals surface area contributed by atoms with E-state index in [1.54, 1.807) is 6.08 Å². The van der Waals surface area contributed by atoms with Gasteiger partial charge in [0.25, 0.3) is 0 Å². The van der Waals surface area contributed by atoms with Crippen molar-refractivity contribution in [2.45, 2.75) is 25.7 Å². The van der Waals surface area contributed by atoms with Crippen LogP contribution in [0.15, 0.2) is 70.8 Å². The number of amides is 2. The van der Waals surface area contributed by atoms with E-state index in [9.17, 15) is 43.7 Å². The lowest BCUT2D eigenvalue weighted by Gasteiger charge is -2.42. The average molecular weight is 544 g/mol. The quantitative estimate of drug-likeness (QED) is 0.302. The molecule has 10 heteroatoms. The van der Waals surface area contributed by atoms with Crippen molar-refractivity contribution in [2.75, 3.05) is 4.90 Å². The van der Waals surface area contributed by atoms with Crippen LogP contribution in [-0.4, -0.2) is 44.7 Å². The van der Waals surface area contributed by atoms with Gasteiger partial charge in [-0.2, -0.15) is 0 Å². The molecule has 3 aliphatic carbocycles. The Labute approximate surface area is 226 Å². The van der Waals surface area contributed by atoms with Crippen LogP contribution in [0.2, 0.25) is 0 Å². The number of imide groups is 1. The maximum absolute atomic E-state index is 14.5. The fourth-order valence-corrected chi connectivity index (χ4v) is 6.56. The number of carboxylic acid groups (broad SMARTS) is 1. The molecule has 202 valence electrons. The number of carboxylic acids is 1. The molecule has 6 rings (SSSR count). The molecule has 0 radical (unpaired) electrons. The van der Waals surface area contributed by atoms with Gasteiger partial charge in [0.15, 0.2) is 23.1 Å². The van der Waals surface area contributed by atoms with E-state index in [0.717, 1.165) is 29.2 Å². The minimum Gasteiger partial charge on any atom is -0.507 e. The van der Waals surface area contributed by atoms with E-state index in [1.165, 1.54) is 25.1 Å². The van der Waals surface area contributed by atoms with Crippen LogP contribution < -0.4 is 4.90 Å². The summed E-state index contributed by atoms with van der Waals surface area (Å²) in [5.74, 6) is -8.50. The number of phenolic OH excluding ortho intramolecular Hbond substituents is 1. The number of ketones is 2. The van der Waals surface area contributed by atoms with Crippen molar-refractivity contribution in [1.82, 2.24) is 0 Å². The van der Waals surface area contributed by atoms with Crippen LogP contribution in [0.5, 0.6) is 11.5 Å². The first kappa shape index (κ1) is 25.4. The molecule has 1 heterocycles. The van der Waals surface area contributed by atoms with Gasteiger partial charge in [0, 0.05) is 28.7 Å². The highest BCUT2D eigenvalue weighted by atomic mass is 19.1. The number of phenols is 2. The number of aromatic hydroxyl groups is 2. The van der Waals surface area contributed by atoms with Crippen molar-refractivity contribution >= 4 is 35.0 Å². The average Bonchev–Trinajstić information content (AvgIpc) is 3.17. The number of Topliss-reactive ketones (excluding diaryl/α,β-unsaturated/α-hetero) is 1. The summed E-state index contributed by atoms with van der Waals surface area (Å²) in [6.45, 7) is 1.52. The highest BCUT2D eigenvalue weighted by Crippen LogP contribution is 2.55. The third-order valence-electron chi connectivity index (χ3n) is 8.34. The molecule has 1 saturated heterocycles. The fraction of sp³-hybridized carbons (Fsp3) is 0.233. The van der Waals surface area contributed by atoms with Crippen LogP contribution in [0.3, 0.4) is 0 Å². The second kappa shape index (κ2) is 8.84. The highest BCUT2D eigenvalue weighted by Gasteiger charge is 2.56. The summed E-state index contributed by atoms with van der Waals surface area (Å²) < 4.78 is 14.5. The first-order valence-corrected chi connectivity index (χ1v) is 12.6. The van der Waals surface area contributed by atoms with E-state index in [4.69, 9.17) is 0 Å². The predicted molar refractivity (Wildman–Crippen MR) is 137 cm³/mol. The molecule has 0 unspecified atom stereocenters. The maximum atomic E-state index is 14.5. The molecule has 0 saturated carbocycles. The van der Waals surface area contributed by atoms with Gasteiger partial charge in [0.05, 0.1) is 17.5 Å². The Balaban J connectivity index is 1.46. The van der Waals surface area contributed by atoms with Gasteiger partial charge in [0.1, 0.15) is 11.3 Å². The summed E-state index contributed by atoms with van der Waals surface area (Å²) in [5.41, 5.74) is 1.23. The van der Waals surface area contributed by atoms with Gasteiger partial charge in [-0.15, -0.1) is 0 Å². The molecule has 1 aliphatic heterocycles. The van der Waals surface area contributed by atoms with Gasteiger partial charge in [0.2, 0.25) is 11.8 Å². The van der Waals surface area contributed by atoms with E-state index in [1.807, 2.05) is 0 Å². The number of hydrogen-bond donors (Lipinski definition) is 3. The fourth-order valence-electron chi connectivity index (χ4n) is 6.56. The number of halogens is 1. The Morgan fingerprint density at radius 2 is 1.73 bits per heavy atom. The lowest BCUT2D eigenvalue weighted by atomic mass is 9.59. The van der Waals surface area contributed by atoms with Gasteiger partial charge in [-0.1, -0.05) is 17.7 Å². The summed E-state index contributed by atoms with van der Waals surface area (Å²) in [5, 5.41) is 29.2. The molecule has 40 heavy (non-hydrogen) atoms. The van der Waals surface area contributed by atoms with Crippen molar-refractivity contribution < 1.29 is 43.7 Å². The van der Waals surface area contributed by atoms with E-state index in [0.29, 0.717) is 11.1 Å². The van der Waals surface area contributed by atoms with Crippen molar-refractivity contribution in [1.29, 1.82) is 0 Å². The Hall–Kier alpha value is -4.86. The van der Waals surface area contributed by atoms with Gasteiger partial charge in [-0.25, -0.2) is 14.1 Å². The van der Waals surface area contributed by atoms with Gasteiger partial charge in [-0.05, 0) is 61.6 Å². The second-order valence-corrected chi connectivity index (χ2v) is 10.5. The van der Waals surface area contributed by atoms with E-state index in [2.05, 4.69) is 0 Å². The summed E-state index contributed by atoms with van der Waals surface area (Å²) in [6.07, 6.45) is 3.20. The lowest BCUT2D eigenvalue weighted by molar-refractivity contribution is -0.123. The predicted octanol–water partition coefficient (Wildman–Crippen LogP) is 3.57. The Morgan fingerprint density at radius 3 is 2.40 bits per heavy atom. The van der Waals surface area contributed by atoms with Crippen molar-refractivity contribution in [3.8, 4) is 11.5 Å². The number of benzene rings is 2. The maximum Gasteiger partial charge on any atom is 0.339 e. The van der Waals surface area contributed by atoms with Crippen LogP contribution in [0.4, 0.5) is 10.1 Å². The largest absolute Gasteiger partial charge is 0.507 e. The molecule has 4 aliphatic rings. The zero-order chi connectivity index (χ0) is 28.6. The summed E-state index contributed by atoms with van der Waals surface area (Å²) >= 11 is 0. The first-order valence-electron chi connectivity index (χ1n) is 12.6. The topological polar surface area (TPSA) is 149 Å². The van der Waals surface area contributed by atoms with Crippen LogP contribution in [-0.2, 0) is 19.2 Å². The van der Waals surface area contributed by atoms with Crippen LogP contribution in [0.1, 0.15) is 41.6 Å². The standard InChI is InChI=1S/C30H22FNO8/c1-12-8-23(35)26-19(27(12)36)11-18-15(24(26)13-2-7-21(33)20(31)9-13)5-6-17-25(18)29(38)32(28(17)37)14-3-4-16(30(39)40)22(34)10-14/h2-5,7-10,17-18,24-25,33-34H,6,11H2,1H3,(H,39,40)/t17-,18+,24-,25-/m0/s1. The zero-order valence-electron chi connectivity index (χ0n) is 21.1. The molecule has 0 bridgehead atoms.